The van der Waals surface area contributed by atoms with Gasteiger partial charge < -0.3 is 15.0 Å². The van der Waals surface area contributed by atoms with E-state index in [1.807, 2.05) is 13.8 Å². The van der Waals surface area contributed by atoms with Gasteiger partial charge in [-0.05, 0) is 30.5 Å². The van der Waals surface area contributed by atoms with Gasteiger partial charge in [-0.2, -0.15) is 0 Å². The van der Waals surface area contributed by atoms with Gasteiger partial charge in [-0.15, -0.1) is 0 Å². The van der Waals surface area contributed by atoms with Gasteiger partial charge in [0.2, 0.25) is 0 Å². The van der Waals surface area contributed by atoms with Crippen LogP contribution in [0.1, 0.15) is 60.5 Å². The number of rotatable bonds is 4. The van der Waals surface area contributed by atoms with E-state index in [0.29, 0.717) is 34.1 Å². The predicted molar refractivity (Wildman–Crippen MR) is 115 cm³/mol. The summed E-state index contributed by atoms with van der Waals surface area (Å²) in [5.74, 6) is -0.422. The van der Waals surface area contributed by atoms with Gasteiger partial charge in [0.1, 0.15) is 5.82 Å². The molecule has 7 nitrogen and oxygen atoms in total. The lowest BCUT2D eigenvalue weighted by Crippen LogP contribution is -2.32. The quantitative estimate of drug-likeness (QED) is 0.438. The minimum atomic E-state index is -0.523. The third-order valence-electron chi connectivity index (χ3n) is 5.25. The van der Waals surface area contributed by atoms with E-state index >= 15 is 0 Å². The first-order valence-electron chi connectivity index (χ1n) is 9.91. The maximum absolute atomic E-state index is 13.1. The number of benzene rings is 1. The average molecular weight is 426 g/mol. The number of carbonyl (C=O) groups is 2. The van der Waals surface area contributed by atoms with Crippen molar-refractivity contribution in [2.24, 2.45) is 0 Å². The molecule has 2 N–H and O–H groups in total. The van der Waals surface area contributed by atoms with Crippen molar-refractivity contribution in [2.75, 3.05) is 12.4 Å². The second kappa shape index (κ2) is 8.10. The van der Waals surface area contributed by atoms with Crippen LogP contribution in [0.3, 0.4) is 0 Å². The van der Waals surface area contributed by atoms with Gasteiger partial charge in [0.05, 0.1) is 18.2 Å². The Balaban J connectivity index is 1.87. The lowest BCUT2D eigenvalue weighted by atomic mass is 9.76. The zero-order valence-electron chi connectivity index (χ0n) is 17.1. The number of thioether (sulfide) groups is 1. The zero-order chi connectivity index (χ0) is 21.4. The van der Waals surface area contributed by atoms with E-state index in [0.717, 1.165) is 24.1 Å². The number of allylic oxidation sites excluding steroid dienone is 2. The summed E-state index contributed by atoms with van der Waals surface area (Å²) in [6.45, 7) is 4.06. The summed E-state index contributed by atoms with van der Waals surface area (Å²) in [7, 11) is 1.33. The lowest BCUT2D eigenvalue weighted by molar-refractivity contribution is -0.116. The number of fused-ring (bicyclic) bond motifs is 1. The molecular weight excluding hydrogens is 402 g/mol. The molecule has 30 heavy (non-hydrogen) atoms. The van der Waals surface area contributed by atoms with Crippen LogP contribution in [0.5, 0.6) is 0 Å². The van der Waals surface area contributed by atoms with Crippen LogP contribution >= 0.6 is 11.8 Å². The molecular formula is C22H23N3O4S. The van der Waals surface area contributed by atoms with Crippen molar-refractivity contribution in [1.29, 1.82) is 0 Å². The molecule has 1 aromatic carbocycles. The maximum atomic E-state index is 13.1. The minimum absolute atomic E-state index is 0.0384. The van der Waals surface area contributed by atoms with Crippen LogP contribution in [0.4, 0.5) is 5.82 Å². The fourth-order valence-corrected chi connectivity index (χ4v) is 4.72. The van der Waals surface area contributed by atoms with E-state index in [4.69, 9.17) is 4.74 Å². The molecule has 0 bridgehead atoms. The smallest absolute Gasteiger partial charge is 0.337 e. The number of anilines is 1. The Bertz CT molecular complexity index is 1100. The van der Waals surface area contributed by atoms with Crippen LogP contribution in [0.2, 0.25) is 0 Å². The first-order chi connectivity index (χ1) is 14.4. The summed E-state index contributed by atoms with van der Waals surface area (Å²) in [5.41, 5.74) is 2.81. The molecule has 0 spiro atoms. The second-order valence-electron chi connectivity index (χ2n) is 7.64. The Morgan fingerprint density at radius 2 is 1.93 bits per heavy atom. The van der Waals surface area contributed by atoms with E-state index in [2.05, 4.69) is 15.3 Å². The van der Waals surface area contributed by atoms with E-state index in [1.165, 1.54) is 18.9 Å². The van der Waals surface area contributed by atoms with Gasteiger partial charge in [0, 0.05) is 28.9 Å². The average Bonchev–Trinajstić information content (AvgIpc) is 2.71. The fraction of sp³-hybridized carbons (Fsp3) is 0.364. The topological polar surface area (TPSA) is 101 Å². The first kappa shape index (κ1) is 20.4. The van der Waals surface area contributed by atoms with Crippen LogP contribution in [-0.2, 0) is 9.53 Å². The fourth-order valence-electron chi connectivity index (χ4n) is 3.98. The molecule has 0 saturated carbocycles. The number of H-pyrrole nitrogens is 1. The molecule has 1 aliphatic heterocycles. The molecule has 1 aliphatic carbocycles. The number of aromatic nitrogens is 2. The molecule has 0 radical (unpaired) electrons. The number of esters is 1. The molecule has 2 aromatic rings. The Hall–Kier alpha value is -2.87. The van der Waals surface area contributed by atoms with Crippen molar-refractivity contribution >= 4 is 29.3 Å². The first-order valence-corrected chi connectivity index (χ1v) is 10.8. The van der Waals surface area contributed by atoms with Crippen molar-refractivity contribution < 1.29 is 14.3 Å². The molecule has 4 rings (SSSR count). The molecule has 0 fully saturated rings. The van der Waals surface area contributed by atoms with E-state index in [-0.39, 0.29) is 16.6 Å². The van der Waals surface area contributed by atoms with E-state index in [9.17, 15) is 14.4 Å². The van der Waals surface area contributed by atoms with Gasteiger partial charge in [-0.25, -0.2) is 9.78 Å². The maximum Gasteiger partial charge on any atom is 0.337 e. The molecule has 0 unspecified atom stereocenters. The summed E-state index contributed by atoms with van der Waals surface area (Å²) < 4.78 is 4.76. The van der Waals surface area contributed by atoms with Crippen LogP contribution in [0, 0.1) is 0 Å². The van der Waals surface area contributed by atoms with Gasteiger partial charge in [0.15, 0.2) is 10.9 Å². The number of aromatic amines is 1. The summed E-state index contributed by atoms with van der Waals surface area (Å²) in [4.78, 5) is 45.3. The van der Waals surface area contributed by atoms with Gasteiger partial charge >= 0.3 is 5.97 Å². The normalized spacial score (nSPS) is 18.0. The third kappa shape index (κ3) is 3.67. The predicted octanol–water partition coefficient (Wildman–Crippen LogP) is 3.62. The van der Waals surface area contributed by atoms with E-state index < -0.39 is 11.9 Å². The number of hydrogen-bond acceptors (Lipinski definition) is 7. The molecule has 0 amide bonds. The van der Waals surface area contributed by atoms with Gasteiger partial charge in [-0.1, -0.05) is 37.7 Å². The Morgan fingerprint density at radius 1 is 1.20 bits per heavy atom. The van der Waals surface area contributed by atoms with Crippen LogP contribution in [-0.4, -0.2) is 34.1 Å². The highest BCUT2D eigenvalue weighted by Gasteiger charge is 2.37. The second-order valence-corrected chi connectivity index (χ2v) is 9.21. The summed E-state index contributed by atoms with van der Waals surface area (Å²) in [6.07, 6.45) is 1.96. The summed E-state index contributed by atoms with van der Waals surface area (Å²) >= 11 is 1.48. The molecule has 1 aromatic heterocycles. The van der Waals surface area contributed by atoms with E-state index in [1.54, 1.807) is 24.3 Å². The minimum Gasteiger partial charge on any atom is -0.465 e. The summed E-state index contributed by atoms with van der Waals surface area (Å²) in [6, 6.07) is 6.85. The van der Waals surface area contributed by atoms with Gasteiger partial charge in [0.25, 0.3) is 5.56 Å². The number of carbonyl (C=O) groups excluding carboxylic acids is 2. The van der Waals surface area contributed by atoms with Crippen molar-refractivity contribution in [3.05, 3.63) is 62.6 Å². The Morgan fingerprint density at radius 3 is 2.60 bits per heavy atom. The largest absolute Gasteiger partial charge is 0.465 e. The standard InChI is InChI=1S/C22H23N3O4S/c1-11(2)30-22-24-19-18(20(27)25-22)16(17-14(23-19)5-4-6-15(17)26)12-7-9-13(10-8-12)21(28)29-3/h7-11,16H,4-6H2,1-3H3,(H2,23,24,25,27)/t16-/m1/s1. The molecule has 1 atom stereocenters. The van der Waals surface area contributed by atoms with Crippen LogP contribution < -0.4 is 10.9 Å². The highest BCUT2D eigenvalue weighted by Crippen LogP contribution is 2.43. The molecule has 2 heterocycles. The van der Waals surface area contributed by atoms with Gasteiger partial charge in [-0.3, -0.25) is 9.59 Å². The van der Waals surface area contributed by atoms with Crippen molar-refractivity contribution in [3.8, 4) is 0 Å². The van der Waals surface area contributed by atoms with Crippen LogP contribution in [0.15, 0.2) is 45.5 Å². The number of nitrogens with zero attached hydrogens (tertiary/aromatic N) is 1. The summed E-state index contributed by atoms with van der Waals surface area (Å²) in [5, 5.41) is 4.08. The highest BCUT2D eigenvalue weighted by atomic mass is 32.2. The van der Waals surface area contributed by atoms with Crippen molar-refractivity contribution in [2.45, 2.75) is 49.4 Å². The number of ether oxygens (including phenoxy) is 1. The highest BCUT2D eigenvalue weighted by molar-refractivity contribution is 7.99. The number of ketones is 1. The Kier molecular flexibility index (Phi) is 5.51. The number of Topliss-reactive ketones (excluding diaryl/α,β-unsaturated/α-hetero) is 1. The third-order valence-corrected chi connectivity index (χ3v) is 6.14. The molecule has 8 heteroatoms. The van der Waals surface area contributed by atoms with Crippen LogP contribution in [0.25, 0.3) is 0 Å². The number of methoxy groups -OCH3 is 1. The molecule has 2 aliphatic rings. The Labute approximate surface area is 178 Å². The van der Waals surface area contributed by atoms with Crippen molar-refractivity contribution in [1.82, 2.24) is 9.97 Å². The number of hydrogen-bond donors (Lipinski definition) is 2. The molecule has 156 valence electrons. The SMILES string of the molecule is COC(=O)c1ccc([C@@H]2C3=C(CCCC3=O)Nc3nc(SC(C)C)[nH]c(=O)c32)cc1. The monoisotopic (exact) mass is 425 g/mol. The number of nitrogens with one attached hydrogen (secondary N) is 2. The van der Waals surface area contributed by atoms with Crippen molar-refractivity contribution in [3.63, 3.8) is 0 Å². The zero-order valence-corrected chi connectivity index (χ0v) is 17.9. The lowest BCUT2D eigenvalue weighted by Gasteiger charge is -2.32. The molecule has 0 saturated heterocycles.